The molecule has 0 bridgehead atoms. The predicted molar refractivity (Wildman–Crippen MR) is 135 cm³/mol. The number of nitrogens with two attached hydrogens (primary N) is 3. The van der Waals surface area contributed by atoms with Gasteiger partial charge in [0.1, 0.15) is 24.2 Å². The molecule has 0 aliphatic rings. The molecule has 1 aromatic rings. The van der Waals surface area contributed by atoms with E-state index in [1.165, 1.54) is 6.92 Å². The second-order valence-electron chi connectivity index (χ2n) is 8.52. The Morgan fingerprint density at radius 3 is 1.97 bits per heavy atom. The lowest BCUT2D eigenvalue weighted by Gasteiger charge is -2.25. The fourth-order valence-corrected chi connectivity index (χ4v) is 3.24. The number of carbonyl (C=O) groups is 5. The van der Waals surface area contributed by atoms with E-state index in [9.17, 15) is 39.3 Å². The van der Waals surface area contributed by atoms with Gasteiger partial charge in [0.15, 0.2) is 5.96 Å². The number of nitrogens with zero attached hydrogens (tertiary/aromatic N) is 1. The Kier molecular flexibility index (Phi) is 13.2. The van der Waals surface area contributed by atoms with Crippen LogP contribution in [0.15, 0.2) is 35.3 Å². The van der Waals surface area contributed by atoms with Gasteiger partial charge in [0.25, 0.3) is 0 Å². The molecule has 3 amide bonds. The molecule has 1 rings (SSSR count). The highest BCUT2D eigenvalue weighted by molar-refractivity contribution is 5.95. The third-order valence-corrected chi connectivity index (χ3v) is 5.31. The summed E-state index contributed by atoms with van der Waals surface area (Å²) in [6.07, 6.45) is -2.01. The van der Waals surface area contributed by atoms with Crippen molar-refractivity contribution in [3.63, 3.8) is 0 Å². The minimum absolute atomic E-state index is 0.0467. The van der Waals surface area contributed by atoms with Crippen molar-refractivity contribution in [2.75, 3.05) is 6.54 Å². The van der Waals surface area contributed by atoms with Crippen LogP contribution in [-0.2, 0) is 30.4 Å². The molecule has 15 heteroatoms. The van der Waals surface area contributed by atoms with Gasteiger partial charge in [-0.1, -0.05) is 30.3 Å². The molecule has 15 nitrogen and oxygen atoms in total. The van der Waals surface area contributed by atoms with E-state index in [4.69, 9.17) is 17.2 Å². The third kappa shape index (κ3) is 11.7. The number of amides is 3. The Labute approximate surface area is 218 Å². The van der Waals surface area contributed by atoms with Crippen LogP contribution in [0.1, 0.15) is 31.7 Å². The molecule has 0 aliphatic carbocycles. The first-order chi connectivity index (χ1) is 17.8. The predicted octanol–water partition coefficient (Wildman–Crippen LogP) is -3.00. The van der Waals surface area contributed by atoms with Gasteiger partial charge < -0.3 is 48.5 Å². The maximum Gasteiger partial charge on any atom is 0.326 e. The second kappa shape index (κ2) is 15.8. The van der Waals surface area contributed by atoms with Gasteiger partial charge in [0, 0.05) is 13.0 Å². The van der Waals surface area contributed by atoms with Gasteiger partial charge in [0.2, 0.25) is 17.7 Å². The zero-order chi connectivity index (χ0) is 28.8. The highest BCUT2D eigenvalue weighted by Crippen LogP contribution is 2.07. The van der Waals surface area contributed by atoms with E-state index < -0.39 is 66.4 Å². The summed E-state index contributed by atoms with van der Waals surface area (Å²) in [5.74, 6) is -5.82. The van der Waals surface area contributed by atoms with Gasteiger partial charge in [-0.3, -0.25) is 24.2 Å². The molecule has 0 fully saturated rings. The van der Waals surface area contributed by atoms with Crippen LogP contribution >= 0.6 is 0 Å². The molecular weight excluding hydrogens is 502 g/mol. The Hall–Kier alpha value is -4.24. The van der Waals surface area contributed by atoms with E-state index in [2.05, 4.69) is 20.9 Å². The normalized spacial score (nSPS) is 14.6. The smallest absolute Gasteiger partial charge is 0.326 e. The molecule has 5 atom stereocenters. The first-order valence-electron chi connectivity index (χ1n) is 11.7. The highest BCUT2D eigenvalue weighted by atomic mass is 16.4. The van der Waals surface area contributed by atoms with Gasteiger partial charge in [-0.05, 0) is 25.3 Å². The number of aliphatic imine (C=N–C) groups is 1. The number of hydrogen-bond acceptors (Lipinski definition) is 8. The van der Waals surface area contributed by atoms with Gasteiger partial charge in [0.05, 0.1) is 12.5 Å². The van der Waals surface area contributed by atoms with Gasteiger partial charge in [-0.25, -0.2) is 4.79 Å². The van der Waals surface area contributed by atoms with Crippen LogP contribution in [0.25, 0.3) is 0 Å². The Balaban J connectivity index is 3.06. The molecule has 1 aromatic carbocycles. The molecular formula is C23H35N7O8. The topological polar surface area (TPSA) is 273 Å². The van der Waals surface area contributed by atoms with E-state index in [-0.39, 0.29) is 31.8 Å². The summed E-state index contributed by atoms with van der Waals surface area (Å²) < 4.78 is 0. The molecule has 0 saturated heterocycles. The monoisotopic (exact) mass is 537 g/mol. The Morgan fingerprint density at radius 1 is 0.895 bits per heavy atom. The summed E-state index contributed by atoms with van der Waals surface area (Å²) >= 11 is 0. The summed E-state index contributed by atoms with van der Waals surface area (Å²) in [7, 11) is 0. The van der Waals surface area contributed by atoms with E-state index >= 15 is 0 Å². The number of hydrogen-bond donors (Lipinski definition) is 9. The number of benzene rings is 1. The zero-order valence-corrected chi connectivity index (χ0v) is 20.9. The second-order valence-corrected chi connectivity index (χ2v) is 8.52. The number of carboxylic acids is 2. The minimum Gasteiger partial charge on any atom is -0.481 e. The van der Waals surface area contributed by atoms with Crippen molar-refractivity contribution in [2.45, 2.75) is 62.9 Å². The number of aliphatic hydroxyl groups excluding tert-OH is 1. The van der Waals surface area contributed by atoms with Gasteiger partial charge >= 0.3 is 11.9 Å². The number of aliphatic carboxylic acids is 2. The fraction of sp³-hybridized carbons (Fsp3) is 0.478. The first-order valence-corrected chi connectivity index (χ1v) is 11.7. The molecule has 5 unspecified atom stereocenters. The van der Waals surface area contributed by atoms with Crippen LogP contribution < -0.4 is 33.2 Å². The van der Waals surface area contributed by atoms with Crippen LogP contribution in [0, 0.1) is 0 Å². The largest absolute Gasteiger partial charge is 0.481 e. The first kappa shape index (κ1) is 31.8. The standard InChI is InChI=1S/C23H35N7O8/c1-12(31)18(24)21(36)30-15(10-13-6-3-2-4-7-13)19(34)29-16(11-17(32)33)20(35)28-14(22(37)38)8-5-9-27-23(25)26/h2-4,6-7,12,14-16,18,31H,5,8-11,24H2,1H3,(H,28,35)(H,29,34)(H,30,36)(H,32,33)(H,37,38)(H4,25,26,27). The lowest BCUT2D eigenvalue weighted by molar-refractivity contribution is -0.143. The third-order valence-electron chi connectivity index (χ3n) is 5.31. The Morgan fingerprint density at radius 2 is 1.45 bits per heavy atom. The van der Waals surface area contributed by atoms with Crippen LogP contribution in [0.2, 0.25) is 0 Å². The molecule has 38 heavy (non-hydrogen) atoms. The summed E-state index contributed by atoms with van der Waals surface area (Å²) in [4.78, 5) is 65.1. The number of rotatable bonds is 16. The molecule has 0 heterocycles. The maximum atomic E-state index is 13.1. The van der Waals surface area contributed by atoms with Crippen LogP contribution in [-0.4, -0.2) is 87.8 Å². The van der Waals surface area contributed by atoms with Crippen LogP contribution in [0.4, 0.5) is 0 Å². The molecule has 0 aliphatic heterocycles. The maximum absolute atomic E-state index is 13.1. The van der Waals surface area contributed by atoms with Crippen molar-refractivity contribution >= 4 is 35.6 Å². The van der Waals surface area contributed by atoms with Crippen molar-refractivity contribution in [3.05, 3.63) is 35.9 Å². The van der Waals surface area contributed by atoms with Gasteiger partial charge in [-0.15, -0.1) is 0 Å². The minimum atomic E-state index is -1.67. The lowest BCUT2D eigenvalue weighted by atomic mass is 10.0. The zero-order valence-electron chi connectivity index (χ0n) is 20.9. The lowest BCUT2D eigenvalue weighted by Crippen LogP contribution is -2.59. The van der Waals surface area contributed by atoms with Gasteiger partial charge in [-0.2, -0.15) is 0 Å². The summed E-state index contributed by atoms with van der Waals surface area (Å²) in [6, 6.07) is 2.78. The van der Waals surface area contributed by atoms with Crippen molar-refractivity contribution in [2.24, 2.45) is 22.2 Å². The van der Waals surface area contributed by atoms with Crippen molar-refractivity contribution in [3.8, 4) is 0 Å². The average molecular weight is 538 g/mol. The quantitative estimate of drug-likeness (QED) is 0.0582. The number of guanidine groups is 1. The van der Waals surface area contributed by atoms with Crippen molar-refractivity contribution < 1.29 is 39.3 Å². The molecule has 12 N–H and O–H groups in total. The van der Waals surface area contributed by atoms with Crippen molar-refractivity contribution in [1.82, 2.24) is 16.0 Å². The van der Waals surface area contributed by atoms with Crippen LogP contribution in [0.5, 0.6) is 0 Å². The molecule has 0 aromatic heterocycles. The number of nitrogens with one attached hydrogen (secondary N) is 3. The average Bonchev–Trinajstić information content (AvgIpc) is 2.84. The molecule has 0 spiro atoms. The summed E-state index contributed by atoms with van der Waals surface area (Å²) in [6.45, 7) is 1.40. The molecule has 0 saturated carbocycles. The molecule has 210 valence electrons. The number of carboxylic acid groups (broad SMARTS) is 2. The Bertz CT molecular complexity index is 999. The van der Waals surface area contributed by atoms with E-state index in [0.717, 1.165) is 0 Å². The van der Waals surface area contributed by atoms with Crippen molar-refractivity contribution in [1.29, 1.82) is 0 Å². The fourth-order valence-electron chi connectivity index (χ4n) is 3.24. The molecule has 0 radical (unpaired) electrons. The van der Waals surface area contributed by atoms with E-state index in [1.807, 2.05) is 0 Å². The SMILES string of the molecule is CC(O)C(N)C(=O)NC(Cc1ccccc1)C(=O)NC(CC(=O)O)C(=O)NC(CCCN=C(N)N)C(=O)O. The summed E-state index contributed by atoms with van der Waals surface area (Å²) in [5.41, 5.74) is 16.7. The highest BCUT2D eigenvalue weighted by Gasteiger charge is 2.32. The number of aliphatic hydroxyl groups is 1. The van der Waals surface area contributed by atoms with Crippen LogP contribution in [0.3, 0.4) is 0 Å². The van der Waals surface area contributed by atoms with E-state index in [1.54, 1.807) is 30.3 Å². The number of carbonyl (C=O) groups excluding carboxylic acids is 3. The van der Waals surface area contributed by atoms with E-state index in [0.29, 0.717) is 5.56 Å². The summed E-state index contributed by atoms with van der Waals surface area (Å²) in [5, 5.41) is 35.2.